The summed E-state index contributed by atoms with van der Waals surface area (Å²) in [6.07, 6.45) is 3.57. The van der Waals surface area contributed by atoms with Gasteiger partial charge in [-0.25, -0.2) is 4.79 Å². The summed E-state index contributed by atoms with van der Waals surface area (Å²) >= 11 is 0. The lowest BCUT2D eigenvalue weighted by Gasteiger charge is -2.16. The second-order valence-corrected chi connectivity index (χ2v) is 2.22. The summed E-state index contributed by atoms with van der Waals surface area (Å²) in [5.74, 6) is -0.644. The Morgan fingerprint density at radius 1 is 1.82 bits per heavy atom. The second kappa shape index (κ2) is 3.18. The number of carbonyl (C=O) groups excluding carboxylic acids is 2. The van der Waals surface area contributed by atoms with E-state index in [1.807, 2.05) is 0 Å². The standard InChI is InChI=1S/C7H9NO3/c1-11-7(10)5-3-2-4-6(9)8-5/h2,4-5H,3H2,1H3,(H,8,9). The molecule has 11 heavy (non-hydrogen) atoms. The van der Waals surface area contributed by atoms with E-state index in [0.29, 0.717) is 6.42 Å². The normalized spacial score (nSPS) is 22.6. The van der Waals surface area contributed by atoms with Crippen LogP contribution < -0.4 is 5.32 Å². The number of hydrogen-bond acceptors (Lipinski definition) is 3. The lowest BCUT2D eigenvalue weighted by atomic mass is 10.1. The van der Waals surface area contributed by atoms with Gasteiger partial charge in [0.1, 0.15) is 6.04 Å². The van der Waals surface area contributed by atoms with Gasteiger partial charge < -0.3 is 10.1 Å². The van der Waals surface area contributed by atoms with E-state index in [0.717, 1.165) is 0 Å². The highest BCUT2D eigenvalue weighted by Crippen LogP contribution is 2.01. The van der Waals surface area contributed by atoms with Crippen LogP contribution in [0.1, 0.15) is 6.42 Å². The maximum atomic E-state index is 10.8. The van der Waals surface area contributed by atoms with Gasteiger partial charge in [-0.3, -0.25) is 4.79 Å². The van der Waals surface area contributed by atoms with Gasteiger partial charge in [0.05, 0.1) is 7.11 Å². The van der Waals surface area contributed by atoms with Gasteiger partial charge in [-0.15, -0.1) is 0 Å². The molecule has 0 aromatic heterocycles. The van der Waals surface area contributed by atoms with Crippen molar-refractivity contribution in [3.8, 4) is 0 Å². The third-order valence-corrected chi connectivity index (χ3v) is 1.44. The number of esters is 1. The highest BCUT2D eigenvalue weighted by Gasteiger charge is 2.21. The minimum Gasteiger partial charge on any atom is -0.467 e. The number of ether oxygens (including phenoxy) is 1. The maximum Gasteiger partial charge on any atom is 0.328 e. The van der Waals surface area contributed by atoms with Gasteiger partial charge in [0.15, 0.2) is 0 Å². The summed E-state index contributed by atoms with van der Waals surface area (Å²) < 4.78 is 4.45. The molecule has 0 bridgehead atoms. The zero-order chi connectivity index (χ0) is 8.27. The van der Waals surface area contributed by atoms with Crippen LogP contribution >= 0.6 is 0 Å². The van der Waals surface area contributed by atoms with Crippen LogP contribution in [0.3, 0.4) is 0 Å². The third-order valence-electron chi connectivity index (χ3n) is 1.44. The fourth-order valence-corrected chi connectivity index (χ4v) is 0.887. The molecule has 1 unspecified atom stereocenters. The average Bonchev–Trinajstić information content (AvgIpc) is 2.03. The SMILES string of the molecule is COC(=O)C1CC=CC(=O)N1. The largest absolute Gasteiger partial charge is 0.467 e. The van der Waals surface area contributed by atoms with E-state index in [2.05, 4.69) is 10.1 Å². The van der Waals surface area contributed by atoms with Crippen molar-refractivity contribution in [1.29, 1.82) is 0 Å². The molecule has 1 aliphatic rings. The van der Waals surface area contributed by atoms with Crippen LogP contribution in [-0.4, -0.2) is 25.0 Å². The Bertz CT molecular complexity index is 210. The number of methoxy groups -OCH3 is 1. The summed E-state index contributed by atoms with van der Waals surface area (Å²) in [5.41, 5.74) is 0. The minimum absolute atomic E-state index is 0.244. The van der Waals surface area contributed by atoms with Gasteiger partial charge in [0.25, 0.3) is 0 Å². The van der Waals surface area contributed by atoms with E-state index in [1.165, 1.54) is 13.2 Å². The van der Waals surface area contributed by atoms with Crippen LogP contribution in [0.25, 0.3) is 0 Å². The smallest absolute Gasteiger partial charge is 0.328 e. The van der Waals surface area contributed by atoms with Crippen molar-refractivity contribution < 1.29 is 14.3 Å². The maximum absolute atomic E-state index is 10.8. The molecule has 0 saturated heterocycles. The molecule has 0 saturated carbocycles. The fraction of sp³-hybridized carbons (Fsp3) is 0.429. The molecule has 1 amide bonds. The van der Waals surface area contributed by atoms with Crippen molar-refractivity contribution in [2.75, 3.05) is 7.11 Å². The number of amides is 1. The van der Waals surface area contributed by atoms with Crippen molar-refractivity contribution in [2.45, 2.75) is 12.5 Å². The highest BCUT2D eigenvalue weighted by molar-refractivity contribution is 5.93. The predicted molar refractivity (Wildman–Crippen MR) is 37.7 cm³/mol. The molecular weight excluding hydrogens is 146 g/mol. The van der Waals surface area contributed by atoms with Crippen molar-refractivity contribution in [2.24, 2.45) is 0 Å². The van der Waals surface area contributed by atoms with Crippen molar-refractivity contribution in [3.05, 3.63) is 12.2 Å². The number of nitrogens with one attached hydrogen (secondary N) is 1. The molecule has 1 N–H and O–H groups in total. The molecule has 0 aliphatic carbocycles. The van der Waals surface area contributed by atoms with Crippen molar-refractivity contribution in [1.82, 2.24) is 5.32 Å². The molecule has 1 atom stereocenters. The van der Waals surface area contributed by atoms with Gasteiger partial charge in [0, 0.05) is 0 Å². The fourth-order valence-electron chi connectivity index (χ4n) is 0.887. The van der Waals surface area contributed by atoms with Crippen LogP contribution in [0.15, 0.2) is 12.2 Å². The first-order valence-corrected chi connectivity index (χ1v) is 3.29. The molecule has 0 radical (unpaired) electrons. The Kier molecular flexibility index (Phi) is 2.25. The molecule has 1 aliphatic heterocycles. The number of rotatable bonds is 1. The zero-order valence-corrected chi connectivity index (χ0v) is 6.16. The zero-order valence-electron chi connectivity index (χ0n) is 6.16. The van der Waals surface area contributed by atoms with Gasteiger partial charge in [-0.05, 0) is 12.5 Å². The third kappa shape index (κ3) is 1.80. The van der Waals surface area contributed by atoms with Crippen LogP contribution in [-0.2, 0) is 14.3 Å². The quantitative estimate of drug-likeness (QED) is 0.524. The Hall–Kier alpha value is -1.32. The van der Waals surface area contributed by atoms with Gasteiger partial charge in [0.2, 0.25) is 5.91 Å². The van der Waals surface area contributed by atoms with Crippen molar-refractivity contribution >= 4 is 11.9 Å². The topological polar surface area (TPSA) is 55.4 Å². The van der Waals surface area contributed by atoms with Crippen LogP contribution in [0, 0.1) is 0 Å². The molecule has 1 heterocycles. The van der Waals surface area contributed by atoms with Gasteiger partial charge >= 0.3 is 5.97 Å². The lowest BCUT2D eigenvalue weighted by molar-refractivity contribution is -0.144. The second-order valence-electron chi connectivity index (χ2n) is 2.22. The van der Waals surface area contributed by atoms with Crippen LogP contribution in [0.5, 0.6) is 0 Å². The molecule has 0 fully saturated rings. The van der Waals surface area contributed by atoms with E-state index < -0.39 is 12.0 Å². The molecule has 1 rings (SSSR count). The molecule has 60 valence electrons. The minimum atomic E-state index is -0.502. The molecule has 4 nitrogen and oxygen atoms in total. The average molecular weight is 155 g/mol. The molecule has 0 spiro atoms. The van der Waals surface area contributed by atoms with E-state index in [4.69, 9.17) is 0 Å². The summed E-state index contributed by atoms with van der Waals surface area (Å²) in [6, 6.07) is -0.502. The summed E-state index contributed by atoms with van der Waals surface area (Å²) in [5, 5.41) is 2.47. The van der Waals surface area contributed by atoms with E-state index >= 15 is 0 Å². The Morgan fingerprint density at radius 3 is 3.09 bits per heavy atom. The monoisotopic (exact) mass is 155 g/mol. The molecule has 0 aromatic rings. The first kappa shape index (κ1) is 7.78. The van der Waals surface area contributed by atoms with E-state index in [1.54, 1.807) is 6.08 Å². The first-order valence-electron chi connectivity index (χ1n) is 3.29. The van der Waals surface area contributed by atoms with Gasteiger partial charge in [-0.1, -0.05) is 6.08 Å². The van der Waals surface area contributed by atoms with Crippen LogP contribution in [0.4, 0.5) is 0 Å². The van der Waals surface area contributed by atoms with E-state index in [9.17, 15) is 9.59 Å². The van der Waals surface area contributed by atoms with Crippen LogP contribution in [0.2, 0.25) is 0 Å². The van der Waals surface area contributed by atoms with E-state index in [-0.39, 0.29) is 5.91 Å². The predicted octanol–water partition coefficient (Wildman–Crippen LogP) is -0.396. The Labute approximate surface area is 64.2 Å². The lowest BCUT2D eigenvalue weighted by Crippen LogP contribution is -2.42. The summed E-state index contributed by atoms with van der Waals surface area (Å²) in [4.78, 5) is 21.5. The summed E-state index contributed by atoms with van der Waals surface area (Å²) in [6.45, 7) is 0. The Balaban J connectivity index is 2.56. The van der Waals surface area contributed by atoms with Crippen molar-refractivity contribution in [3.63, 3.8) is 0 Å². The first-order chi connectivity index (χ1) is 5.24. The number of carbonyl (C=O) groups is 2. The number of hydrogen-bond donors (Lipinski definition) is 1. The Morgan fingerprint density at radius 2 is 2.55 bits per heavy atom. The molecule has 4 heteroatoms. The van der Waals surface area contributed by atoms with Gasteiger partial charge in [-0.2, -0.15) is 0 Å². The highest BCUT2D eigenvalue weighted by atomic mass is 16.5. The molecule has 0 aromatic carbocycles. The molecular formula is C7H9NO3. The summed E-state index contributed by atoms with van der Waals surface area (Å²) in [7, 11) is 1.30.